The lowest BCUT2D eigenvalue weighted by Gasteiger charge is -2.16. The summed E-state index contributed by atoms with van der Waals surface area (Å²) in [5, 5.41) is 12.1. The average molecular weight is 239 g/mol. The van der Waals surface area contributed by atoms with Crippen molar-refractivity contribution in [2.24, 2.45) is 0 Å². The molecule has 96 valence electrons. The molecule has 1 aromatic rings. The first kappa shape index (κ1) is 13.7. The van der Waals surface area contributed by atoms with Crippen molar-refractivity contribution >= 4 is 5.95 Å². The third-order valence-electron chi connectivity index (χ3n) is 2.43. The summed E-state index contributed by atoms with van der Waals surface area (Å²) >= 11 is 0. The van der Waals surface area contributed by atoms with E-state index in [9.17, 15) is 0 Å². The van der Waals surface area contributed by atoms with Crippen LogP contribution in [0.15, 0.2) is 6.07 Å². The van der Waals surface area contributed by atoms with Gasteiger partial charge in [0, 0.05) is 24.4 Å². The molecular formula is C12H21N3O2. The largest absolute Gasteiger partial charge is 0.478 e. The fraction of sp³-hybridized carbons (Fsp3) is 0.667. The van der Waals surface area contributed by atoms with Gasteiger partial charge in [0.25, 0.3) is 0 Å². The highest BCUT2D eigenvalue weighted by molar-refractivity contribution is 5.31. The molecule has 0 aromatic carbocycles. The van der Waals surface area contributed by atoms with E-state index < -0.39 is 0 Å². The Kier molecular flexibility index (Phi) is 5.69. The number of anilines is 1. The second-order valence-corrected chi connectivity index (χ2v) is 3.87. The number of hydrogen-bond acceptors (Lipinski definition) is 5. The molecule has 1 aromatic heterocycles. The molecule has 2 N–H and O–H groups in total. The zero-order chi connectivity index (χ0) is 12.7. The molecule has 0 amide bonds. The van der Waals surface area contributed by atoms with Crippen LogP contribution in [0.3, 0.4) is 0 Å². The molecule has 0 aliphatic rings. The number of ether oxygens (including phenoxy) is 1. The Bertz CT molecular complexity index is 345. The smallest absolute Gasteiger partial charge is 0.226 e. The molecule has 0 saturated carbocycles. The predicted molar refractivity (Wildman–Crippen MR) is 67.3 cm³/mol. The van der Waals surface area contributed by atoms with E-state index in [2.05, 4.69) is 22.2 Å². The number of nitrogens with one attached hydrogen (secondary N) is 1. The maximum atomic E-state index is 8.93. The van der Waals surface area contributed by atoms with Crippen molar-refractivity contribution in [1.82, 2.24) is 9.97 Å². The first-order valence-corrected chi connectivity index (χ1v) is 6.05. The van der Waals surface area contributed by atoms with Crippen LogP contribution >= 0.6 is 0 Å². The second kappa shape index (κ2) is 7.06. The summed E-state index contributed by atoms with van der Waals surface area (Å²) in [6.07, 6.45) is 1.61. The van der Waals surface area contributed by atoms with E-state index in [0.29, 0.717) is 24.9 Å². The van der Waals surface area contributed by atoms with Crippen molar-refractivity contribution < 1.29 is 9.84 Å². The van der Waals surface area contributed by atoms with Crippen molar-refractivity contribution in [2.75, 3.05) is 18.5 Å². The second-order valence-electron chi connectivity index (χ2n) is 3.87. The lowest BCUT2D eigenvalue weighted by Crippen LogP contribution is -2.21. The van der Waals surface area contributed by atoms with Crippen molar-refractivity contribution in [3.05, 3.63) is 11.8 Å². The van der Waals surface area contributed by atoms with E-state index in [1.54, 1.807) is 0 Å². The van der Waals surface area contributed by atoms with Crippen molar-refractivity contribution in [2.45, 2.75) is 39.7 Å². The van der Waals surface area contributed by atoms with Crippen molar-refractivity contribution in [3.63, 3.8) is 0 Å². The van der Waals surface area contributed by atoms with Crippen LogP contribution in [0.2, 0.25) is 0 Å². The zero-order valence-corrected chi connectivity index (χ0v) is 10.7. The monoisotopic (exact) mass is 239 g/mol. The minimum atomic E-state index is 0.162. The molecule has 5 heteroatoms. The minimum Gasteiger partial charge on any atom is -0.478 e. The molecule has 0 spiro atoms. The number of aryl methyl sites for hydroxylation is 1. The van der Waals surface area contributed by atoms with Crippen LogP contribution in [-0.4, -0.2) is 34.3 Å². The Labute approximate surface area is 102 Å². The maximum Gasteiger partial charge on any atom is 0.226 e. The minimum absolute atomic E-state index is 0.162. The van der Waals surface area contributed by atoms with Gasteiger partial charge in [-0.05, 0) is 26.7 Å². The van der Waals surface area contributed by atoms with Gasteiger partial charge in [0.05, 0.1) is 6.61 Å². The number of rotatable bonds is 7. The van der Waals surface area contributed by atoms with Gasteiger partial charge in [-0.15, -0.1) is 0 Å². The van der Waals surface area contributed by atoms with Gasteiger partial charge in [-0.25, -0.2) is 4.98 Å². The molecule has 17 heavy (non-hydrogen) atoms. The Morgan fingerprint density at radius 2 is 2.18 bits per heavy atom. The van der Waals surface area contributed by atoms with Gasteiger partial charge in [-0.3, -0.25) is 0 Å². The van der Waals surface area contributed by atoms with Crippen molar-refractivity contribution in [3.8, 4) is 5.88 Å². The molecular weight excluding hydrogens is 218 g/mol. The maximum absolute atomic E-state index is 8.93. The lowest BCUT2D eigenvalue weighted by atomic mass is 10.2. The molecule has 0 saturated heterocycles. The van der Waals surface area contributed by atoms with E-state index in [0.717, 1.165) is 12.1 Å². The molecule has 0 fully saturated rings. The summed E-state index contributed by atoms with van der Waals surface area (Å²) in [4.78, 5) is 8.57. The highest BCUT2D eigenvalue weighted by Crippen LogP contribution is 2.14. The van der Waals surface area contributed by atoms with Crippen LogP contribution in [-0.2, 0) is 0 Å². The molecule has 1 rings (SSSR count). The fourth-order valence-electron chi connectivity index (χ4n) is 1.54. The summed E-state index contributed by atoms with van der Waals surface area (Å²) in [5.74, 6) is 1.15. The van der Waals surface area contributed by atoms with Gasteiger partial charge < -0.3 is 15.2 Å². The van der Waals surface area contributed by atoms with Crippen LogP contribution in [0.4, 0.5) is 5.95 Å². The van der Waals surface area contributed by atoms with Crippen LogP contribution in [0, 0.1) is 6.92 Å². The molecule has 0 bridgehead atoms. The molecule has 5 nitrogen and oxygen atoms in total. The quantitative estimate of drug-likeness (QED) is 0.759. The topological polar surface area (TPSA) is 67.3 Å². The predicted octanol–water partition coefficient (Wildman–Crippen LogP) is 1.76. The van der Waals surface area contributed by atoms with Crippen LogP contribution < -0.4 is 10.1 Å². The van der Waals surface area contributed by atoms with E-state index in [-0.39, 0.29) is 12.6 Å². The summed E-state index contributed by atoms with van der Waals surface area (Å²) in [6, 6.07) is 2.00. The zero-order valence-electron chi connectivity index (χ0n) is 10.7. The standard InChI is InChI=1S/C12H21N3O2/c1-4-10(6-7-16)14-12-13-9(3)8-11(15-12)17-5-2/h8,10,16H,4-7H2,1-3H3,(H,13,14,15). The summed E-state index contributed by atoms with van der Waals surface area (Å²) in [5.41, 5.74) is 0.866. The normalized spacial score (nSPS) is 12.2. The Hall–Kier alpha value is -1.36. The lowest BCUT2D eigenvalue weighted by molar-refractivity contribution is 0.278. The number of aliphatic hydroxyl groups is 1. The SMILES string of the molecule is CCOc1cc(C)nc(NC(CC)CCO)n1. The van der Waals surface area contributed by atoms with E-state index in [4.69, 9.17) is 9.84 Å². The van der Waals surface area contributed by atoms with E-state index in [1.165, 1.54) is 0 Å². The summed E-state index contributed by atoms with van der Waals surface area (Å²) < 4.78 is 5.36. The van der Waals surface area contributed by atoms with E-state index in [1.807, 2.05) is 19.9 Å². The third kappa shape index (κ3) is 4.56. The highest BCUT2D eigenvalue weighted by Gasteiger charge is 2.09. The number of aliphatic hydroxyl groups excluding tert-OH is 1. The Morgan fingerprint density at radius 3 is 2.76 bits per heavy atom. The molecule has 1 unspecified atom stereocenters. The van der Waals surface area contributed by atoms with Gasteiger partial charge in [0.15, 0.2) is 0 Å². The van der Waals surface area contributed by atoms with Crippen LogP contribution in [0.5, 0.6) is 5.88 Å². The molecule has 0 radical (unpaired) electrons. The van der Waals surface area contributed by atoms with Gasteiger partial charge in [-0.1, -0.05) is 6.92 Å². The first-order chi connectivity index (χ1) is 8.19. The number of aromatic nitrogens is 2. The average Bonchev–Trinajstić information content (AvgIpc) is 2.28. The third-order valence-corrected chi connectivity index (χ3v) is 2.43. The number of hydrogen-bond donors (Lipinski definition) is 2. The first-order valence-electron chi connectivity index (χ1n) is 6.05. The van der Waals surface area contributed by atoms with Crippen LogP contribution in [0.25, 0.3) is 0 Å². The van der Waals surface area contributed by atoms with Gasteiger partial charge in [0.2, 0.25) is 11.8 Å². The van der Waals surface area contributed by atoms with Gasteiger partial charge in [0.1, 0.15) is 0 Å². The molecule has 1 heterocycles. The van der Waals surface area contributed by atoms with Crippen molar-refractivity contribution in [1.29, 1.82) is 0 Å². The molecule has 0 aliphatic heterocycles. The number of nitrogens with zero attached hydrogens (tertiary/aromatic N) is 2. The Balaban J connectivity index is 2.75. The van der Waals surface area contributed by atoms with Crippen LogP contribution in [0.1, 0.15) is 32.4 Å². The summed E-state index contributed by atoms with van der Waals surface area (Å²) in [6.45, 7) is 6.64. The summed E-state index contributed by atoms with van der Waals surface area (Å²) in [7, 11) is 0. The molecule has 1 atom stereocenters. The van der Waals surface area contributed by atoms with Gasteiger partial charge in [-0.2, -0.15) is 4.98 Å². The highest BCUT2D eigenvalue weighted by atomic mass is 16.5. The fourth-order valence-corrected chi connectivity index (χ4v) is 1.54. The van der Waals surface area contributed by atoms with E-state index >= 15 is 0 Å². The van der Waals surface area contributed by atoms with Gasteiger partial charge >= 0.3 is 0 Å². The molecule has 0 aliphatic carbocycles. The Morgan fingerprint density at radius 1 is 1.41 bits per heavy atom.